The lowest BCUT2D eigenvalue weighted by molar-refractivity contribution is -0.144. The van der Waals surface area contributed by atoms with E-state index in [1.54, 1.807) is 12.4 Å². The maximum absolute atomic E-state index is 12.7. The van der Waals surface area contributed by atoms with Gasteiger partial charge in [-0.3, -0.25) is 24.4 Å². The summed E-state index contributed by atoms with van der Waals surface area (Å²) in [5, 5.41) is 0. The second-order valence-electron chi connectivity index (χ2n) is 7.78. The van der Waals surface area contributed by atoms with E-state index in [-0.39, 0.29) is 6.67 Å². The number of allylic oxidation sites excluding steroid dienone is 1. The Morgan fingerprint density at radius 1 is 0.897 bits per heavy atom. The number of anilines is 1. The molecule has 8 nitrogen and oxygen atoms in total. The summed E-state index contributed by atoms with van der Waals surface area (Å²) in [6.45, 7) is 3.51. The number of carbonyl (C=O) groups excluding carboxylic acids is 3. The quantitative estimate of drug-likeness (QED) is 0.414. The molecule has 0 bridgehead atoms. The van der Waals surface area contributed by atoms with Crippen molar-refractivity contribution in [2.75, 3.05) is 44.3 Å². The fourth-order valence-corrected chi connectivity index (χ4v) is 4.16. The number of rotatable bonds is 6. The summed E-state index contributed by atoms with van der Waals surface area (Å²) < 4.78 is 0. The van der Waals surface area contributed by atoms with Crippen LogP contribution < -0.4 is 4.90 Å². The second kappa shape index (κ2) is 8.73. The number of pyridine rings is 1. The van der Waals surface area contributed by atoms with E-state index < -0.39 is 17.8 Å². The van der Waals surface area contributed by atoms with Crippen molar-refractivity contribution in [3.63, 3.8) is 0 Å². The normalized spacial score (nSPS) is 21.2. The lowest BCUT2D eigenvalue weighted by Gasteiger charge is -2.37. The fourth-order valence-electron chi connectivity index (χ4n) is 4.16. The topological polar surface area (TPSA) is 77.1 Å². The van der Waals surface area contributed by atoms with E-state index in [4.69, 9.17) is 0 Å². The van der Waals surface area contributed by atoms with Crippen LogP contribution in [-0.2, 0) is 9.59 Å². The monoisotopic (exact) mass is 397 g/mol. The van der Waals surface area contributed by atoms with E-state index in [0.29, 0.717) is 13.0 Å². The Hall–Kier alpha value is -2.74. The lowest BCUT2D eigenvalue weighted by Crippen LogP contribution is -2.51. The van der Waals surface area contributed by atoms with E-state index in [2.05, 4.69) is 16.0 Å². The molecule has 0 N–H and O–H groups in total. The Morgan fingerprint density at radius 3 is 2.31 bits per heavy atom. The molecule has 0 saturated carbocycles. The third-order valence-electron chi connectivity index (χ3n) is 5.92. The summed E-state index contributed by atoms with van der Waals surface area (Å²) in [7, 11) is 0. The van der Waals surface area contributed by atoms with Gasteiger partial charge in [-0.1, -0.05) is 11.6 Å². The number of hydrogen-bond acceptors (Lipinski definition) is 6. The summed E-state index contributed by atoms with van der Waals surface area (Å²) in [5.74, 6) is -1.40. The molecule has 1 aromatic heterocycles. The van der Waals surface area contributed by atoms with Crippen LogP contribution in [0.2, 0.25) is 0 Å². The number of imide groups is 2. The van der Waals surface area contributed by atoms with Crippen LogP contribution in [0.15, 0.2) is 36.2 Å². The van der Waals surface area contributed by atoms with Crippen molar-refractivity contribution in [2.45, 2.75) is 32.1 Å². The highest BCUT2D eigenvalue weighted by molar-refractivity contribution is 6.44. The zero-order chi connectivity index (χ0) is 20.2. The van der Waals surface area contributed by atoms with Crippen LogP contribution in [-0.4, -0.2) is 76.9 Å². The zero-order valence-corrected chi connectivity index (χ0v) is 16.6. The molecule has 4 amide bonds. The molecule has 0 atom stereocenters. The van der Waals surface area contributed by atoms with Crippen molar-refractivity contribution in [2.24, 2.45) is 0 Å². The predicted molar refractivity (Wildman–Crippen MR) is 108 cm³/mol. The van der Waals surface area contributed by atoms with E-state index in [1.165, 1.54) is 12.0 Å². The summed E-state index contributed by atoms with van der Waals surface area (Å²) >= 11 is 0. The van der Waals surface area contributed by atoms with Crippen LogP contribution in [0.25, 0.3) is 0 Å². The highest BCUT2D eigenvalue weighted by atomic mass is 16.2. The van der Waals surface area contributed by atoms with Gasteiger partial charge < -0.3 is 4.90 Å². The van der Waals surface area contributed by atoms with Crippen molar-refractivity contribution < 1.29 is 14.4 Å². The molecule has 8 heteroatoms. The summed E-state index contributed by atoms with van der Waals surface area (Å²) in [5.41, 5.74) is 2.40. The minimum absolute atomic E-state index is 0.173. The van der Waals surface area contributed by atoms with E-state index >= 15 is 0 Å². The van der Waals surface area contributed by atoms with Crippen LogP contribution in [0.3, 0.4) is 0 Å². The van der Waals surface area contributed by atoms with Gasteiger partial charge in [-0.25, -0.2) is 9.69 Å². The smallest absolute Gasteiger partial charge is 0.335 e. The number of amides is 4. The van der Waals surface area contributed by atoms with Crippen molar-refractivity contribution in [3.05, 3.63) is 36.2 Å². The SMILES string of the molecule is O=C1C(=O)N(CN2CCN(c3ccncc3)CC2)C(=O)N1CCC1=CCCCC1. The van der Waals surface area contributed by atoms with Gasteiger partial charge in [0, 0.05) is 50.8 Å². The van der Waals surface area contributed by atoms with Crippen molar-refractivity contribution in [1.29, 1.82) is 0 Å². The van der Waals surface area contributed by atoms with Crippen LogP contribution in [0.5, 0.6) is 0 Å². The summed E-state index contributed by atoms with van der Waals surface area (Å²) in [6, 6.07) is 3.47. The van der Waals surface area contributed by atoms with Crippen LogP contribution in [0.4, 0.5) is 10.5 Å². The number of nitrogens with zero attached hydrogens (tertiary/aromatic N) is 5. The van der Waals surface area contributed by atoms with Gasteiger partial charge >= 0.3 is 17.8 Å². The average Bonchev–Trinajstić information content (AvgIpc) is 2.97. The molecule has 2 saturated heterocycles. The Bertz CT molecular complexity index is 802. The van der Waals surface area contributed by atoms with Gasteiger partial charge in [0.05, 0.1) is 6.67 Å². The first-order valence-electron chi connectivity index (χ1n) is 10.4. The molecule has 3 heterocycles. The Kier molecular flexibility index (Phi) is 5.89. The van der Waals surface area contributed by atoms with Gasteiger partial charge in [-0.05, 0) is 44.2 Å². The minimum atomic E-state index is -0.704. The predicted octanol–water partition coefficient (Wildman–Crippen LogP) is 1.84. The molecule has 0 spiro atoms. The molecule has 0 radical (unpaired) electrons. The van der Waals surface area contributed by atoms with Crippen molar-refractivity contribution in [1.82, 2.24) is 19.7 Å². The molecule has 2 fully saturated rings. The summed E-state index contributed by atoms with van der Waals surface area (Å²) in [4.78, 5) is 48.0. The van der Waals surface area contributed by atoms with E-state index in [9.17, 15) is 14.4 Å². The first-order chi connectivity index (χ1) is 14.1. The second-order valence-corrected chi connectivity index (χ2v) is 7.78. The highest BCUT2D eigenvalue weighted by Crippen LogP contribution is 2.22. The largest absolute Gasteiger partial charge is 0.369 e. The average molecular weight is 397 g/mol. The van der Waals surface area contributed by atoms with Gasteiger partial charge in [-0.15, -0.1) is 0 Å². The molecule has 1 aromatic rings. The van der Waals surface area contributed by atoms with Crippen molar-refractivity contribution >= 4 is 23.5 Å². The molecule has 3 aliphatic rings. The molecular weight excluding hydrogens is 370 g/mol. The molecule has 0 aromatic carbocycles. The third-order valence-corrected chi connectivity index (χ3v) is 5.92. The molecule has 29 heavy (non-hydrogen) atoms. The fraction of sp³-hybridized carbons (Fsp3) is 0.524. The maximum atomic E-state index is 12.7. The van der Waals surface area contributed by atoms with E-state index in [0.717, 1.165) is 60.9 Å². The van der Waals surface area contributed by atoms with E-state index in [1.807, 2.05) is 17.0 Å². The zero-order valence-electron chi connectivity index (χ0n) is 16.6. The number of piperazine rings is 1. The Morgan fingerprint density at radius 2 is 1.62 bits per heavy atom. The molecule has 154 valence electrons. The van der Waals surface area contributed by atoms with Crippen LogP contribution in [0, 0.1) is 0 Å². The molecule has 4 rings (SSSR count). The van der Waals surface area contributed by atoms with Gasteiger partial charge in [0.15, 0.2) is 0 Å². The molecule has 0 unspecified atom stereocenters. The number of carbonyl (C=O) groups is 3. The number of urea groups is 1. The van der Waals surface area contributed by atoms with Crippen LogP contribution >= 0.6 is 0 Å². The molecule has 2 aliphatic heterocycles. The molecule has 1 aliphatic carbocycles. The Labute approximate surface area is 170 Å². The Balaban J connectivity index is 1.31. The lowest BCUT2D eigenvalue weighted by atomic mass is 9.97. The molecular formula is C21H27N5O3. The standard InChI is InChI=1S/C21H27N5O3/c27-19-20(28)26(21(29)25(19)11-8-17-4-2-1-3-5-17)16-23-12-14-24(15-13-23)18-6-9-22-10-7-18/h4,6-7,9-10H,1-3,5,8,11-16H2. The van der Waals surface area contributed by atoms with Gasteiger partial charge in [0.1, 0.15) is 0 Å². The summed E-state index contributed by atoms with van der Waals surface area (Å²) in [6.07, 6.45) is 10.9. The van der Waals surface area contributed by atoms with Crippen molar-refractivity contribution in [3.8, 4) is 0 Å². The van der Waals surface area contributed by atoms with Gasteiger partial charge in [-0.2, -0.15) is 0 Å². The third kappa shape index (κ3) is 4.32. The maximum Gasteiger partial charge on any atom is 0.335 e. The first-order valence-corrected chi connectivity index (χ1v) is 10.4. The van der Waals surface area contributed by atoms with Gasteiger partial charge in [0.25, 0.3) is 0 Å². The highest BCUT2D eigenvalue weighted by Gasteiger charge is 2.44. The number of hydrogen-bond donors (Lipinski definition) is 0. The van der Waals surface area contributed by atoms with Crippen LogP contribution in [0.1, 0.15) is 32.1 Å². The minimum Gasteiger partial charge on any atom is -0.369 e. The van der Waals surface area contributed by atoms with Gasteiger partial charge in [0.2, 0.25) is 0 Å². The first kappa shape index (κ1) is 19.6. The number of aromatic nitrogens is 1.